The first kappa shape index (κ1) is 38.8. The Morgan fingerprint density at radius 1 is 0.625 bits per heavy atom. The molecule has 5 nitrogen and oxygen atoms in total. The number of aliphatic hydroxyl groups is 3. The summed E-state index contributed by atoms with van der Waals surface area (Å²) in [5.41, 5.74) is 0. The maximum absolute atomic E-state index is 12.3. The topological polar surface area (TPSA) is 89.8 Å². The number of unbranched alkanes of at least 4 members (excludes halogenated alkanes) is 18. The number of rotatable bonds is 30. The molecule has 0 saturated heterocycles. The van der Waals surface area contributed by atoms with Gasteiger partial charge in [0.1, 0.15) is 6.10 Å². The van der Waals surface area contributed by atoms with Gasteiger partial charge < -0.3 is 20.6 Å². The van der Waals surface area contributed by atoms with E-state index in [4.69, 9.17) is 0 Å². The summed E-state index contributed by atoms with van der Waals surface area (Å²) >= 11 is 0. The highest BCUT2D eigenvalue weighted by molar-refractivity contribution is 5.76. The fourth-order valence-electron chi connectivity index (χ4n) is 5.12. The first-order valence-electron chi connectivity index (χ1n) is 17.1. The molecule has 0 fully saturated rings. The molecule has 0 rings (SSSR count). The molecule has 0 aromatic heterocycles. The molecule has 5 heteroatoms. The second-order valence-electron chi connectivity index (χ2n) is 11.7. The van der Waals surface area contributed by atoms with E-state index >= 15 is 0 Å². The molecule has 0 heterocycles. The largest absolute Gasteiger partial charge is 0.394 e. The lowest BCUT2D eigenvalue weighted by Gasteiger charge is -2.26. The van der Waals surface area contributed by atoms with E-state index in [-0.39, 0.29) is 12.5 Å². The molecule has 236 valence electrons. The summed E-state index contributed by atoms with van der Waals surface area (Å²) in [7, 11) is 0. The van der Waals surface area contributed by atoms with E-state index < -0.39 is 18.2 Å². The molecule has 3 unspecified atom stereocenters. The molecule has 0 saturated carbocycles. The summed E-state index contributed by atoms with van der Waals surface area (Å²) in [6.45, 7) is 4.02. The molecule has 0 bridgehead atoms. The number of aliphatic hydroxyl groups excluding tert-OH is 3. The van der Waals surface area contributed by atoms with Gasteiger partial charge in [-0.25, -0.2) is 0 Å². The van der Waals surface area contributed by atoms with E-state index in [0.717, 1.165) is 51.4 Å². The van der Waals surface area contributed by atoms with Gasteiger partial charge in [0.25, 0.3) is 0 Å². The maximum atomic E-state index is 12.3. The number of nitrogens with one attached hydrogen (secondary N) is 1. The highest BCUT2D eigenvalue weighted by Gasteiger charge is 2.26. The monoisotopic (exact) mass is 566 g/mol. The van der Waals surface area contributed by atoms with Crippen LogP contribution in [0.25, 0.3) is 0 Å². The summed E-state index contributed by atoms with van der Waals surface area (Å²) in [5.74, 6) is -0.161. The van der Waals surface area contributed by atoms with Crippen LogP contribution in [-0.4, -0.2) is 46.1 Å². The molecule has 1 amide bonds. The zero-order valence-corrected chi connectivity index (χ0v) is 26.5. The minimum atomic E-state index is -1.16. The first-order valence-corrected chi connectivity index (χ1v) is 17.1. The van der Waals surface area contributed by atoms with Crippen LogP contribution in [0.5, 0.6) is 0 Å². The Bertz CT molecular complexity index is 592. The van der Waals surface area contributed by atoms with Gasteiger partial charge in [0.2, 0.25) is 5.91 Å². The molecule has 4 N–H and O–H groups in total. The minimum absolute atomic E-state index is 0.161. The Labute approximate surface area is 248 Å². The number of amides is 1. The van der Waals surface area contributed by atoms with Crippen LogP contribution in [0.1, 0.15) is 168 Å². The molecular weight excluding hydrogens is 498 g/mol. The Morgan fingerprint density at radius 3 is 1.55 bits per heavy atom. The molecule has 0 aromatic rings. The van der Waals surface area contributed by atoms with Crippen LogP contribution in [-0.2, 0) is 4.79 Å². The number of carbonyl (C=O) groups is 1. The molecule has 3 atom stereocenters. The third kappa shape index (κ3) is 25.8. The highest BCUT2D eigenvalue weighted by Crippen LogP contribution is 2.15. The molecule has 0 aliphatic carbocycles. The van der Waals surface area contributed by atoms with Gasteiger partial charge in [-0.1, -0.05) is 141 Å². The Morgan fingerprint density at radius 2 is 1.07 bits per heavy atom. The fraction of sp³-hybridized carbons (Fsp3) is 0.857. The van der Waals surface area contributed by atoms with Crippen LogP contribution in [0, 0.1) is 0 Å². The van der Waals surface area contributed by atoms with E-state index in [2.05, 4.69) is 43.5 Å². The number of carbonyl (C=O) groups excluding carboxylic acids is 1. The summed E-state index contributed by atoms with van der Waals surface area (Å²) in [6.07, 6.45) is 34.2. The third-order valence-electron chi connectivity index (χ3n) is 7.80. The quantitative estimate of drug-likeness (QED) is 0.0518. The van der Waals surface area contributed by atoms with Gasteiger partial charge >= 0.3 is 0 Å². The van der Waals surface area contributed by atoms with Crippen molar-refractivity contribution in [2.45, 2.75) is 186 Å². The molecule has 0 aliphatic rings. The number of hydrogen-bond donors (Lipinski definition) is 4. The Hall–Kier alpha value is -1.17. The van der Waals surface area contributed by atoms with Crippen LogP contribution >= 0.6 is 0 Å². The lowest BCUT2D eigenvalue weighted by molar-refractivity contribution is -0.124. The molecule has 40 heavy (non-hydrogen) atoms. The van der Waals surface area contributed by atoms with Crippen molar-refractivity contribution in [2.75, 3.05) is 6.61 Å². The van der Waals surface area contributed by atoms with E-state index in [1.807, 2.05) is 0 Å². The SMILES string of the molecule is CC/C=C/CC/C=C/CCCC(O)C(O)C(CO)NC(=O)CCCCCCCCCCCCCCCCCCC. The van der Waals surface area contributed by atoms with E-state index in [1.165, 1.54) is 89.9 Å². The molecule has 0 spiro atoms. The van der Waals surface area contributed by atoms with Crippen molar-refractivity contribution < 1.29 is 20.1 Å². The summed E-state index contributed by atoms with van der Waals surface area (Å²) in [5, 5.41) is 33.1. The van der Waals surface area contributed by atoms with Gasteiger partial charge in [-0.15, -0.1) is 0 Å². The molecule has 0 aliphatic heterocycles. The van der Waals surface area contributed by atoms with Crippen LogP contribution in [0.2, 0.25) is 0 Å². The smallest absolute Gasteiger partial charge is 0.220 e. The fourth-order valence-corrected chi connectivity index (χ4v) is 5.12. The molecular formula is C35H67NO4. The predicted octanol–water partition coefficient (Wildman–Crippen LogP) is 8.70. The maximum Gasteiger partial charge on any atom is 0.220 e. The second-order valence-corrected chi connectivity index (χ2v) is 11.7. The van der Waals surface area contributed by atoms with Crippen LogP contribution in [0.3, 0.4) is 0 Å². The number of hydrogen-bond acceptors (Lipinski definition) is 4. The van der Waals surface area contributed by atoms with Gasteiger partial charge in [-0.3, -0.25) is 4.79 Å². The van der Waals surface area contributed by atoms with Crippen LogP contribution in [0.15, 0.2) is 24.3 Å². The van der Waals surface area contributed by atoms with Gasteiger partial charge in [0.05, 0.1) is 18.8 Å². The highest BCUT2D eigenvalue weighted by atomic mass is 16.3. The summed E-state index contributed by atoms with van der Waals surface area (Å²) in [4.78, 5) is 12.3. The zero-order valence-electron chi connectivity index (χ0n) is 26.5. The molecule has 0 radical (unpaired) electrons. The van der Waals surface area contributed by atoms with E-state index in [1.54, 1.807) is 0 Å². The van der Waals surface area contributed by atoms with Crippen molar-refractivity contribution in [3.63, 3.8) is 0 Å². The van der Waals surface area contributed by atoms with E-state index in [9.17, 15) is 20.1 Å². The van der Waals surface area contributed by atoms with Gasteiger partial charge in [-0.2, -0.15) is 0 Å². The first-order chi connectivity index (χ1) is 19.6. The molecule has 0 aromatic carbocycles. The van der Waals surface area contributed by atoms with Crippen molar-refractivity contribution in [1.29, 1.82) is 0 Å². The van der Waals surface area contributed by atoms with Gasteiger partial charge in [0, 0.05) is 6.42 Å². The van der Waals surface area contributed by atoms with Crippen molar-refractivity contribution >= 4 is 5.91 Å². The summed E-state index contributed by atoms with van der Waals surface area (Å²) < 4.78 is 0. The Balaban J connectivity index is 3.69. The van der Waals surface area contributed by atoms with Gasteiger partial charge in [0.15, 0.2) is 0 Å². The van der Waals surface area contributed by atoms with Crippen molar-refractivity contribution in [3.05, 3.63) is 24.3 Å². The predicted molar refractivity (Wildman–Crippen MR) is 171 cm³/mol. The zero-order chi connectivity index (χ0) is 29.5. The normalized spacial score (nSPS) is 14.2. The lowest BCUT2D eigenvalue weighted by atomic mass is 10.0. The standard InChI is InChI=1S/C35H67NO4/c1-3-5-7-9-11-13-14-15-16-17-18-19-20-22-24-26-28-30-34(39)36-32(31-37)35(40)33(38)29-27-25-23-21-12-10-8-6-4-2/h6,8,21,23,32-33,35,37-38,40H,3-5,7,9-20,22,24-31H2,1-2H3,(H,36,39)/b8-6+,23-21+. The van der Waals surface area contributed by atoms with Gasteiger partial charge in [-0.05, 0) is 44.9 Å². The average Bonchev–Trinajstić information content (AvgIpc) is 2.96. The van der Waals surface area contributed by atoms with Crippen LogP contribution < -0.4 is 5.32 Å². The minimum Gasteiger partial charge on any atom is -0.394 e. The average molecular weight is 566 g/mol. The lowest BCUT2D eigenvalue weighted by Crippen LogP contribution is -2.50. The van der Waals surface area contributed by atoms with Crippen molar-refractivity contribution in [3.8, 4) is 0 Å². The third-order valence-corrected chi connectivity index (χ3v) is 7.80. The second kappa shape index (κ2) is 30.8. The number of allylic oxidation sites excluding steroid dienone is 4. The van der Waals surface area contributed by atoms with Crippen molar-refractivity contribution in [2.24, 2.45) is 0 Å². The van der Waals surface area contributed by atoms with E-state index in [0.29, 0.717) is 12.8 Å². The summed E-state index contributed by atoms with van der Waals surface area (Å²) in [6, 6.07) is -0.825. The van der Waals surface area contributed by atoms with Crippen molar-refractivity contribution in [1.82, 2.24) is 5.32 Å². The van der Waals surface area contributed by atoms with Crippen LogP contribution in [0.4, 0.5) is 0 Å². The Kier molecular flexibility index (Phi) is 29.9.